The summed E-state index contributed by atoms with van der Waals surface area (Å²) in [4.78, 5) is 27.5. The first-order valence-corrected chi connectivity index (χ1v) is 9.91. The van der Waals surface area contributed by atoms with Gasteiger partial charge in [0.1, 0.15) is 0 Å². The average Bonchev–Trinajstić information content (AvgIpc) is 2.93. The number of carbonyl (C=O) groups excluding carboxylic acids is 1. The lowest BCUT2D eigenvalue weighted by Gasteiger charge is -2.37. The van der Waals surface area contributed by atoms with Crippen molar-refractivity contribution in [3.05, 3.63) is 34.7 Å². The van der Waals surface area contributed by atoms with Crippen molar-refractivity contribution < 1.29 is 4.79 Å². The molecule has 0 N–H and O–H groups in total. The minimum Gasteiger partial charge on any atom is -0.300 e. The Balaban J connectivity index is 1.81. The smallest absolute Gasteiger partial charge is 0.300 e. The standard InChI is InChI=1S/C21H31N3O2/c1-5-15(2)14-16(3)22-12-10-18(11-13-22)24-20-9-7-6-8-19(20)23(17(4)25)21(24)26/h6-9,15-16,18H,5,10-14H2,1-4H3. The quantitative estimate of drug-likeness (QED) is 0.815. The maximum Gasteiger partial charge on any atom is 0.336 e. The maximum absolute atomic E-state index is 12.9. The molecule has 142 valence electrons. The van der Waals surface area contributed by atoms with Crippen LogP contribution in [0.5, 0.6) is 0 Å². The number of carbonyl (C=O) groups is 1. The van der Waals surface area contributed by atoms with Gasteiger partial charge in [-0.2, -0.15) is 0 Å². The Labute approximate surface area is 155 Å². The lowest BCUT2D eigenvalue weighted by molar-refractivity contribution is 0.0934. The summed E-state index contributed by atoms with van der Waals surface area (Å²) >= 11 is 0. The second-order valence-electron chi connectivity index (χ2n) is 7.86. The van der Waals surface area contributed by atoms with Gasteiger partial charge in [-0.1, -0.05) is 32.4 Å². The van der Waals surface area contributed by atoms with Crippen molar-refractivity contribution in [3.8, 4) is 0 Å². The molecule has 26 heavy (non-hydrogen) atoms. The van der Waals surface area contributed by atoms with Gasteiger partial charge in [0.2, 0.25) is 5.91 Å². The zero-order valence-corrected chi connectivity index (χ0v) is 16.4. The van der Waals surface area contributed by atoms with Gasteiger partial charge in [-0.05, 0) is 44.2 Å². The minimum absolute atomic E-state index is 0.167. The van der Waals surface area contributed by atoms with Gasteiger partial charge in [-0.3, -0.25) is 9.36 Å². The fraction of sp³-hybridized carbons (Fsp3) is 0.619. The van der Waals surface area contributed by atoms with Crippen LogP contribution >= 0.6 is 0 Å². The molecule has 1 fully saturated rings. The summed E-state index contributed by atoms with van der Waals surface area (Å²) < 4.78 is 3.17. The van der Waals surface area contributed by atoms with Crippen LogP contribution in [0.1, 0.15) is 64.2 Å². The van der Waals surface area contributed by atoms with Crippen LogP contribution in [-0.2, 0) is 0 Å². The highest BCUT2D eigenvalue weighted by atomic mass is 16.2. The van der Waals surface area contributed by atoms with Crippen LogP contribution < -0.4 is 5.69 Å². The van der Waals surface area contributed by atoms with E-state index < -0.39 is 0 Å². The van der Waals surface area contributed by atoms with Crippen molar-refractivity contribution in [2.45, 2.75) is 65.5 Å². The number of fused-ring (bicyclic) bond motifs is 1. The number of likely N-dealkylation sites (tertiary alicyclic amines) is 1. The highest BCUT2D eigenvalue weighted by Crippen LogP contribution is 2.28. The Bertz CT molecular complexity index is 827. The van der Waals surface area contributed by atoms with Gasteiger partial charge in [-0.25, -0.2) is 9.36 Å². The molecule has 5 nitrogen and oxygen atoms in total. The molecular formula is C21H31N3O2. The zero-order chi connectivity index (χ0) is 18.8. The van der Waals surface area contributed by atoms with Crippen molar-refractivity contribution in [2.75, 3.05) is 13.1 Å². The number of hydrogen-bond donors (Lipinski definition) is 0. The van der Waals surface area contributed by atoms with Crippen LogP contribution in [-0.4, -0.2) is 39.1 Å². The Morgan fingerprint density at radius 2 is 1.77 bits per heavy atom. The zero-order valence-electron chi connectivity index (χ0n) is 16.4. The molecule has 0 amide bonds. The van der Waals surface area contributed by atoms with Crippen LogP contribution in [0.15, 0.2) is 29.1 Å². The monoisotopic (exact) mass is 357 g/mol. The summed E-state index contributed by atoms with van der Waals surface area (Å²) in [6, 6.07) is 8.38. The van der Waals surface area contributed by atoms with E-state index >= 15 is 0 Å². The lowest BCUT2D eigenvalue weighted by Crippen LogP contribution is -2.42. The van der Waals surface area contributed by atoms with Crippen LogP contribution in [0.3, 0.4) is 0 Å². The highest BCUT2D eigenvalue weighted by Gasteiger charge is 2.28. The second kappa shape index (κ2) is 7.78. The second-order valence-corrected chi connectivity index (χ2v) is 7.86. The fourth-order valence-electron chi connectivity index (χ4n) is 4.31. The highest BCUT2D eigenvalue weighted by molar-refractivity contribution is 5.89. The number of benzene rings is 1. The third-order valence-corrected chi connectivity index (χ3v) is 6.02. The summed E-state index contributed by atoms with van der Waals surface area (Å²) in [6.45, 7) is 10.4. The molecule has 0 spiro atoms. The van der Waals surface area contributed by atoms with Crippen molar-refractivity contribution in [1.82, 2.24) is 14.0 Å². The first kappa shape index (κ1) is 18.9. The van der Waals surface area contributed by atoms with E-state index in [2.05, 4.69) is 25.7 Å². The van der Waals surface area contributed by atoms with Crippen molar-refractivity contribution in [1.29, 1.82) is 0 Å². The third kappa shape index (κ3) is 3.50. The predicted octanol–water partition coefficient (Wildman–Crippen LogP) is 3.92. The predicted molar refractivity (Wildman–Crippen MR) is 106 cm³/mol. The molecule has 1 aromatic carbocycles. The van der Waals surface area contributed by atoms with Gasteiger partial charge < -0.3 is 4.90 Å². The molecule has 1 saturated heterocycles. The number of aromatic nitrogens is 2. The van der Waals surface area contributed by atoms with Gasteiger partial charge in [0.05, 0.1) is 11.0 Å². The summed E-state index contributed by atoms with van der Waals surface area (Å²) in [5, 5.41) is 0. The van der Waals surface area contributed by atoms with Crippen molar-refractivity contribution in [2.24, 2.45) is 5.92 Å². The molecular weight excluding hydrogens is 326 g/mol. The third-order valence-electron chi connectivity index (χ3n) is 6.02. The number of imidazole rings is 1. The van der Waals surface area contributed by atoms with Crippen molar-refractivity contribution in [3.63, 3.8) is 0 Å². The van der Waals surface area contributed by atoms with Gasteiger partial charge in [0, 0.05) is 32.1 Å². The van der Waals surface area contributed by atoms with Crippen LogP contribution in [0.2, 0.25) is 0 Å². The van der Waals surface area contributed by atoms with E-state index in [1.165, 1.54) is 24.3 Å². The Morgan fingerprint density at radius 3 is 2.35 bits per heavy atom. The van der Waals surface area contributed by atoms with Crippen LogP contribution in [0.4, 0.5) is 0 Å². The summed E-state index contributed by atoms with van der Waals surface area (Å²) in [5.41, 5.74) is 1.40. The molecule has 2 aromatic rings. The topological polar surface area (TPSA) is 47.2 Å². The summed E-state index contributed by atoms with van der Waals surface area (Å²) in [5.74, 6) is 0.531. The lowest BCUT2D eigenvalue weighted by atomic mass is 9.96. The molecule has 2 heterocycles. The number of para-hydroxylation sites is 2. The van der Waals surface area contributed by atoms with E-state index in [4.69, 9.17) is 0 Å². The Morgan fingerprint density at radius 1 is 1.15 bits per heavy atom. The van der Waals surface area contributed by atoms with E-state index in [-0.39, 0.29) is 17.6 Å². The molecule has 0 aliphatic carbocycles. The normalized spacial score (nSPS) is 18.9. The maximum atomic E-state index is 12.9. The fourth-order valence-corrected chi connectivity index (χ4v) is 4.31. The molecule has 2 atom stereocenters. The average molecular weight is 357 g/mol. The first-order chi connectivity index (χ1) is 12.4. The first-order valence-electron chi connectivity index (χ1n) is 9.91. The molecule has 0 radical (unpaired) electrons. The van der Waals surface area contributed by atoms with E-state index in [1.54, 1.807) is 0 Å². The molecule has 1 aliphatic heterocycles. The number of nitrogens with zero attached hydrogens (tertiary/aromatic N) is 3. The van der Waals surface area contributed by atoms with Crippen LogP contribution in [0, 0.1) is 5.92 Å². The van der Waals surface area contributed by atoms with E-state index in [0.29, 0.717) is 6.04 Å². The van der Waals surface area contributed by atoms with E-state index in [9.17, 15) is 9.59 Å². The van der Waals surface area contributed by atoms with Gasteiger partial charge in [0.25, 0.3) is 0 Å². The largest absolute Gasteiger partial charge is 0.336 e. The van der Waals surface area contributed by atoms with E-state index in [0.717, 1.165) is 42.9 Å². The Kier molecular flexibility index (Phi) is 5.66. The number of rotatable bonds is 5. The molecule has 2 unspecified atom stereocenters. The number of piperidine rings is 1. The molecule has 1 aromatic heterocycles. The SMILES string of the molecule is CCC(C)CC(C)N1CCC(n2c(=O)n(C(C)=O)c3ccccc32)CC1. The summed E-state index contributed by atoms with van der Waals surface area (Å²) in [7, 11) is 0. The van der Waals surface area contributed by atoms with Crippen LogP contribution in [0.25, 0.3) is 11.0 Å². The van der Waals surface area contributed by atoms with E-state index in [1.807, 2.05) is 28.8 Å². The van der Waals surface area contributed by atoms with Crippen molar-refractivity contribution >= 4 is 16.9 Å². The number of hydrogen-bond acceptors (Lipinski definition) is 3. The molecule has 3 rings (SSSR count). The molecule has 5 heteroatoms. The molecule has 0 bridgehead atoms. The van der Waals surface area contributed by atoms with Gasteiger partial charge in [0.15, 0.2) is 0 Å². The van der Waals surface area contributed by atoms with Gasteiger partial charge >= 0.3 is 5.69 Å². The minimum atomic E-state index is -0.218. The Hall–Kier alpha value is -1.88. The molecule has 0 saturated carbocycles. The molecule has 1 aliphatic rings. The van der Waals surface area contributed by atoms with Gasteiger partial charge in [-0.15, -0.1) is 0 Å². The summed E-state index contributed by atoms with van der Waals surface area (Å²) in [6.07, 6.45) is 4.36.